The average Bonchev–Trinajstić information content (AvgIpc) is 3.18. The Labute approximate surface area is 165 Å². The van der Waals surface area contributed by atoms with Crippen molar-refractivity contribution in [2.45, 2.75) is 19.4 Å². The topological polar surface area (TPSA) is 128 Å². The van der Waals surface area contributed by atoms with Gasteiger partial charge in [0.05, 0.1) is 17.8 Å². The lowest BCUT2D eigenvalue weighted by molar-refractivity contribution is 0.225. The number of H-pyrrole nitrogens is 2. The van der Waals surface area contributed by atoms with Gasteiger partial charge in [-0.25, -0.2) is 4.79 Å². The van der Waals surface area contributed by atoms with Crippen molar-refractivity contribution in [3.63, 3.8) is 0 Å². The molecule has 1 saturated heterocycles. The molecule has 146 valence electrons. The van der Waals surface area contributed by atoms with Gasteiger partial charge in [-0.1, -0.05) is 17.7 Å². The summed E-state index contributed by atoms with van der Waals surface area (Å²) in [4.78, 5) is 29.9. The molecule has 2 aromatic heterocycles. The SMILES string of the molecule is Cc1ccc(OC2CCN(c3cc(-c4c[nH]c(=O)[nH]c4=O)nnc3C#N)C2)cc1. The number of nitrogens with one attached hydrogen (secondary N) is 2. The van der Waals surface area contributed by atoms with Crippen molar-refractivity contribution < 1.29 is 4.74 Å². The smallest absolute Gasteiger partial charge is 0.325 e. The summed E-state index contributed by atoms with van der Waals surface area (Å²) in [5.41, 5.74) is 1.20. The third kappa shape index (κ3) is 3.87. The summed E-state index contributed by atoms with van der Waals surface area (Å²) in [6.07, 6.45) is 2.04. The van der Waals surface area contributed by atoms with Gasteiger partial charge in [0.1, 0.15) is 23.6 Å². The number of benzene rings is 1. The van der Waals surface area contributed by atoms with Crippen LogP contribution in [0.25, 0.3) is 11.3 Å². The number of nitriles is 1. The van der Waals surface area contributed by atoms with Crippen molar-refractivity contribution >= 4 is 5.69 Å². The molecule has 9 heteroatoms. The van der Waals surface area contributed by atoms with E-state index in [1.807, 2.05) is 42.2 Å². The Kier molecular flexibility index (Phi) is 4.83. The predicted molar refractivity (Wildman–Crippen MR) is 106 cm³/mol. The molecule has 3 heterocycles. The van der Waals surface area contributed by atoms with Crippen LogP contribution in [0.1, 0.15) is 17.7 Å². The average molecular weight is 390 g/mol. The summed E-state index contributed by atoms with van der Waals surface area (Å²) >= 11 is 0. The lowest BCUT2D eigenvalue weighted by atomic mass is 10.2. The van der Waals surface area contributed by atoms with Gasteiger partial charge in [-0.2, -0.15) is 5.26 Å². The first-order chi connectivity index (χ1) is 14.0. The summed E-state index contributed by atoms with van der Waals surface area (Å²) in [6, 6.07) is 11.6. The third-order valence-electron chi connectivity index (χ3n) is 4.78. The molecular formula is C20H18N6O3. The van der Waals surface area contributed by atoms with Crippen LogP contribution in [0.5, 0.6) is 5.75 Å². The van der Waals surface area contributed by atoms with Crippen LogP contribution in [-0.4, -0.2) is 39.4 Å². The van der Waals surface area contributed by atoms with Crippen LogP contribution in [-0.2, 0) is 0 Å². The van der Waals surface area contributed by atoms with Gasteiger partial charge in [0.2, 0.25) is 0 Å². The molecule has 1 aromatic carbocycles. The minimum Gasteiger partial charge on any atom is -0.489 e. The van der Waals surface area contributed by atoms with E-state index in [1.165, 1.54) is 6.20 Å². The van der Waals surface area contributed by atoms with Crippen molar-refractivity contribution in [3.05, 3.63) is 68.6 Å². The molecule has 1 atom stereocenters. The number of aromatic nitrogens is 4. The second-order valence-electron chi connectivity index (χ2n) is 6.85. The summed E-state index contributed by atoms with van der Waals surface area (Å²) in [5.74, 6) is 0.802. The number of hydrogen-bond donors (Lipinski definition) is 2. The van der Waals surface area contributed by atoms with E-state index in [4.69, 9.17) is 4.74 Å². The maximum atomic E-state index is 12.1. The monoisotopic (exact) mass is 390 g/mol. The van der Waals surface area contributed by atoms with Crippen molar-refractivity contribution in [2.24, 2.45) is 0 Å². The molecule has 2 N–H and O–H groups in total. The molecular weight excluding hydrogens is 372 g/mol. The highest BCUT2D eigenvalue weighted by Crippen LogP contribution is 2.27. The van der Waals surface area contributed by atoms with E-state index in [0.29, 0.717) is 18.8 Å². The summed E-state index contributed by atoms with van der Waals surface area (Å²) < 4.78 is 6.05. The Morgan fingerprint density at radius 2 is 2.03 bits per heavy atom. The Bertz CT molecular complexity index is 1190. The van der Waals surface area contributed by atoms with Crippen LogP contribution >= 0.6 is 0 Å². The number of aryl methyl sites for hydroxylation is 1. The van der Waals surface area contributed by atoms with Gasteiger partial charge in [0, 0.05) is 19.2 Å². The molecule has 1 fully saturated rings. The van der Waals surface area contributed by atoms with Gasteiger partial charge in [0.15, 0.2) is 5.69 Å². The second kappa shape index (κ2) is 7.59. The fourth-order valence-corrected chi connectivity index (χ4v) is 3.29. The summed E-state index contributed by atoms with van der Waals surface area (Å²) in [5, 5.41) is 17.4. The van der Waals surface area contributed by atoms with Gasteiger partial charge < -0.3 is 14.6 Å². The number of nitrogens with zero attached hydrogens (tertiary/aromatic N) is 4. The molecule has 4 rings (SSSR count). The number of ether oxygens (including phenoxy) is 1. The molecule has 1 aliphatic heterocycles. The zero-order valence-electron chi connectivity index (χ0n) is 15.7. The zero-order chi connectivity index (χ0) is 20.4. The molecule has 0 bridgehead atoms. The van der Waals surface area contributed by atoms with Crippen molar-refractivity contribution in [1.82, 2.24) is 20.2 Å². The second-order valence-corrected chi connectivity index (χ2v) is 6.85. The maximum absolute atomic E-state index is 12.1. The Balaban J connectivity index is 1.59. The van der Waals surface area contributed by atoms with Crippen LogP contribution in [0.15, 0.2) is 46.1 Å². The quantitative estimate of drug-likeness (QED) is 0.688. The van der Waals surface area contributed by atoms with Crippen LogP contribution in [0, 0.1) is 18.3 Å². The summed E-state index contributed by atoms with van der Waals surface area (Å²) in [7, 11) is 0. The Morgan fingerprint density at radius 1 is 1.24 bits per heavy atom. The van der Waals surface area contributed by atoms with Crippen LogP contribution < -0.4 is 20.9 Å². The van der Waals surface area contributed by atoms with E-state index >= 15 is 0 Å². The summed E-state index contributed by atoms with van der Waals surface area (Å²) in [6.45, 7) is 3.28. The van der Waals surface area contributed by atoms with E-state index in [0.717, 1.165) is 17.7 Å². The predicted octanol–water partition coefficient (Wildman–Crippen LogP) is 1.36. The highest BCUT2D eigenvalue weighted by Gasteiger charge is 2.27. The molecule has 0 aliphatic carbocycles. The molecule has 1 aliphatic rings. The van der Waals surface area contributed by atoms with E-state index in [-0.39, 0.29) is 23.1 Å². The first-order valence-corrected chi connectivity index (χ1v) is 9.12. The van der Waals surface area contributed by atoms with Crippen molar-refractivity contribution in [1.29, 1.82) is 5.26 Å². The lowest BCUT2D eigenvalue weighted by Gasteiger charge is -2.20. The first-order valence-electron chi connectivity index (χ1n) is 9.12. The molecule has 0 spiro atoms. The molecule has 29 heavy (non-hydrogen) atoms. The van der Waals surface area contributed by atoms with E-state index < -0.39 is 11.2 Å². The van der Waals surface area contributed by atoms with Gasteiger partial charge >= 0.3 is 5.69 Å². The standard InChI is InChI=1S/C20H18N6O3/c1-12-2-4-13(5-3-12)29-14-6-7-26(11-14)18-8-16(24-25-17(18)9-21)15-10-22-20(28)23-19(15)27/h2-5,8,10,14H,6-7,11H2,1H3,(H2,22,23,27,28). The van der Waals surface area contributed by atoms with Crippen LogP contribution in [0.3, 0.4) is 0 Å². The van der Waals surface area contributed by atoms with Crippen molar-refractivity contribution in [3.8, 4) is 23.1 Å². The minimum atomic E-state index is -0.601. The number of rotatable bonds is 4. The largest absolute Gasteiger partial charge is 0.489 e. The highest BCUT2D eigenvalue weighted by atomic mass is 16.5. The maximum Gasteiger partial charge on any atom is 0.325 e. The zero-order valence-corrected chi connectivity index (χ0v) is 15.7. The Hall–Kier alpha value is -3.93. The van der Waals surface area contributed by atoms with Gasteiger partial charge in [-0.15, -0.1) is 10.2 Å². The van der Waals surface area contributed by atoms with Crippen LogP contribution in [0.2, 0.25) is 0 Å². The van der Waals surface area contributed by atoms with Crippen LogP contribution in [0.4, 0.5) is 5.69 Å². The molecule has 1 unspecified atom stereocenters. The molecule has 0 radical (unpaired) electrons. The fourth-order valence-electron chi connectivity index (χ4n) is 3.29. The molecule has 0 saturated carbocycles. The third-order valence-corrected chi connectivity index (χ3v) is 4.78. The van der Waals surface area contributed by atoms with E-state index in [9.17, 15) is 14.9 Å². The lowest BCUT2D eigenvalue weighted by Crippen LogP contribution is -2.26. The Morgan fingerprint density at radius 3 is 2.76 bits per heavy atom. The number of anilines is 1. The minimum absolute atomic E-state index is 0.0302. The van der Waals surface area contributed by atoms with E-state index in [1.54, 1.807) is 6.07 Å². The van der Waals surface area contributed by atoms with E-state index in [2.05, 4.69) is 20.2 Å². The number of hydrogen-bond acceptors (Lipinski definition) is 7. The normalized spacial score (nSPS) is 15.9. The first kappa shape index (κ1) is 18.4. The number of aromatic amines is 2. The van der Waals surface area contributed by atoms with Gasteiger partial charge in [-0.3, -0.25) is 9.78 Å². The molecule has 9 nitrogen and oxygen atoms in total. The van der Waals surface area contributed by atoms with Gasteiger partial charge in [0.25, 0.3) is 5.56 Å². The molecule has 0 amide bonds. The highest BCUT2D eigenvalue weighted by molar-refractivity contribution is 5.66. The van der Waals surface area contributed by atoms with Gasteiger partial charge in [-0.05, 0) is 25.1 Å². The van der Waals surface area contributed by atoms with Crippen molar-refractivity contribution in [2.75, 3.05) is 18.0 Å². The molecule has 3 aromatic rings. The fraction of sp³-hybridized carbons (Fsp3) is 0.250.